The van der Waals surface area contributed by atoms with Crippen LogP contribution in [0.25, 0.3) is 0 Å². The van der Waals surface area contributed by atoms with Crippen LogP contribution in [0.15, 0.2) is 29.4 Å². The van der Waals surface area contributed by atoms with E-state index in [1.54, 1.807) is 18.3 Å². The molecule has 1 aromatic carbocycles. The van der Waals surface area contributed by atoms with Crippen LogP contribution in [0.5, 0.6) is 0 Å². The first-order valence-corrected chi connectivity index (χ1v) is 4.05. The summed E-state index contributed by atoms with van der Waals surface area (Å²) in [6.07, 6.45) is 6.54. The minimum atomic E-state index is 0.185. The Labute approximate surface area is 82.2 Å². The Kier molecular flexibility index (Phi) is 3.87. The van der Waals surface area contributed by atoms with Gasteiger partial charge in [-0.3, -0.25) is 0 Å². The smallest absolute Gasteiger partial charge is 0.177 e. The maximum atomic E-state index is 5.69. The SMILES string of the molecule is C#CCO/N=C/c1ccc(Cl)cc1. The zero-order valence-electron chi connectivity index (χ0n) is 6.90. The standard InChI is InChI=1S/C10H8ClNO/c1-2-7-13-12-8-9-3-5-10(11)6-4-9/h1,3-6,8H,7H2/b12-8+. The van der Waals surface area contributed by atoms with Gasteiger partial charge in [0, 0.05) is 5.02 Å². The predicted octanol–water partition coefficient (Wildman–Crippen LogP) is 2.32. The van der Waals surface area contributed by atoms with Crippen molar-refractivity contribution < 1.29 is 4.84 Å². The lowest BCUT2D eigenvalue weighted by Gasteiger charge is -1.92. The fraction of sp³-hybridized carbons (Fsp3) is 0.100. The third-order valence-electron chi connectivity index (χ3n) is 1.29. The van der Waals surface area contributed by atoms with E-state index in [4.69, 9.17) is 22.9 Å². The average Bonchev–Trinajstić information content (AvgIpc) is 2.15. The van der Waals surface area contributed by atoms with Crippen molar-refractivity contribution in [1.29, 1.82) is 0 Å². The van der Waals surface area contributed by atoms with Crippen LogP contribution in [0.4, 0.5) is 0 Å². The van der Waals surface area contributed by atoms with Crippen molar-refractivity contribution in [2.45, 2.75) is 0 Å². The molecular formula is C10H8ClNO. The van der Waals surface area contributed by atoms with Crippen molar-refractivity contribution in [3.05, 3.63) is 34.9 Å². The van der Waals surface area contributed by atoms with E-state index in [1.165, 1.54) is 0 Å². The predicted molar refractivity (Wildman–Crippen MR) is 53.8 cm³/mol. The van der Waals surface area contributed by atoms with Gasteiger partial charge in [-0.15, -0.1) is 6.42 Å². The van der Waals surface area contributed by atoms with Crippen LogP contribution < -0.4 is 0 Å². The third kappa shape index (κ3) is 3.64. The van der Waals surface area contributed by atoms with E-state index in [0.29, 0.717) is 5.02 Å². The van der Waals surface area contributed by atoms with Gasteiger partial charge in [-0.2, -0.15) is 0 Å². The molecule has 0 saturated carbocycles. The fourth-order valence-corrected chi connectivity index (χ4v) is 0.847. The quantitative estimate of drug-likeness (QED) is 0.313. The van der Waals surface area contributed by atoms with E-state index in [2.05, 4.69) is 11.1 Å². The molecule has 0 N–H and O–H groups in total. The molecule has 0 unspecified atom stereocenters. The summed E-state index contributed by atoms with van der Waals surface area (Å²) in [4.78, 5) is 4.72. The average molecular weight is 194 g/mol. The van der Waals surface area contributed by atoms with Crippen LogP contribution in [-0.2, 0) is 4.84 Å². The second-order valence-electron chi connectivity index (χ2n) is 2.26. The molecule has 0 saturated heterocycles. The zero-order chi connectivity index (χ0) is 9.52. The van der Waals surface area contributed by atoms with Crippen molar-refractivity contribution in [2.75, 3.05) is 6.61 Å². The number of rotatable bonds is 3. The Hall–Kier alpha value is -1.46. The summed E-state index contributed by atoms with van der Waals surface area (Å²) >= 11 is 5.69. The lowest BCUT2D eigenvalue weighted by molar-refractivity contribution is 0.181. The van der Waals surface area contributed by atoms with Gasteiger partial charge in [-0.25, -0.2) is 0 Å². The van der Waals surface area contributed by atoms with E-state index < -0.39 is 0 Å². The molecule has 0 fully saturated rings. The first-order chi connectivity index (χ1) is 6.33. The summed E-state index contributed by atoms with van der Waals surface area (Å²) in [5, 5.41) is 4.35. The number of terminal acetylenes is 1. The highest BCUT2D eigenvalue weighted by Crippen LogP contribution is 2.07. The topological polar surface area (TPSA) is 21.6 Å². The number of benzene rings is 1. The Morgan fingerprint density at radius 3 is 2.77 bits per heavy atom. The maximum Gasteiger partial charge on any atom is 0.177 e. The summed E-state index contributed by atoms with van der Waals surface area (Å²) in [6, 6.07) is 7.24. The van der Waals surface area contributed by atoms with Crippen molar-refractivity contribution in [2.24, 2.45) is 5.16 Å². The van der Waals surface area contributed by atoms with Crippen molar-refractivity contribution in [3.63, 3.8) is 0 Å². The van der Waals surface area contributed by atoms with Crippen molar-refractivity contribution >= 4 is 17.8 Å². The van der Waals surface area contributed by atoms with E-state index in [0.717, 1.165) is 5.56 Å². The molecule has 0 atom stereocenters. The lowest BCUT2D eigenvalue weighted by Crippen LogP contribution is -1.84. The van der Waals surface area contributed by atoms with Crippen LogP contribution >= 0.6 is 11.6 Å². The summed E-state index contributed by atoms with van der Waals surface area (Å²) in [7, 11) is 0. The van der Waals surface area contributed by atoms with E-state index in [9.17, 15) is 0 Å². The molecule has 66 valence electrons. The second kappa shape index (κ2) is 5.23. The van der Waals surface area contributed by atoms with Gasteiger partial charge in [0.2, 0.25) is 0 Å². The minimum Gasteiger partial charge on any atom is -0.383 e. The summed E-state index contributed by atoms with van der Waals surface area (Å²) < 4.78 is 0. The Bertz CT molecular complexity index is 324. The molecule has 13 heavy (non-hydrogen) atoms. The molecular weight excluding hydrogens is 186 g/mol. The van der Waals surface area contributed by atoms with E-state index >= 15 is 0 Å². The van der Waals surface area contributed by atoms with Gasteiger partial charge in [0.25, 0.3) is 0 Å². The van der Waals surface area contributed by atoms with Gasteiger partial charge in [-0.1, -0.05) is 34.8 Å². The zero-order valence-corrected chi connectivity index (χ0v) is 7.66. The van der Waals surface area contributed by atoms with Gasteiger partial charge in [0.15, 0.2) is 6.61 Å². The van der Waals surface area contributed by atoms with Crippen LogP contribution in [0, 0.1) is 12.3 Å². The summed E-state index contributed by atoms with van der Waals surface area (Å²) in [6.45, 7) is 0.185. The number of hydrogen-bond acceptors (Lipinski definition) is 2. The normalized spacial score (nSPS) is 9.85. The molecule has 0 amide bonds. The summed E-state index contributed by atoms with van der Waals surface area (Å²) in [5.41, 5.74) is 0.918. The third-order valence-corrected chi connectivity index (χ3v) is 1.55. The molecule has 0 bridgehead atoms. The number of hydrogen-bond donors (Lipinski definition) is 0. The summed E-state index contributed by atoms with van der Waals surface area (Å²) in [5.74, 6) is 2.31. The largest absolute Gasteiger partial charge is 0.383 e. The second-order valence-corrected chi connectivity index (χ2v) is 2.70. The van der Waals surface area contributed by atoms with Crippen molar-refractivity contribution in [1.82, 2.24) is 0 Å². The molecule has 1 aromatic rings. The Balaban J connectivity index is 2.50. The molecule has 0 radical (unpaired) electrons. The fourth-order valence-electron chi connectivity index (χ4n) is 0.722. The molecule has 3 heteroatoms. The molecule has 0 aromatic heterocycles. The van der Waals surface area contributed by atoms with E-state index in [1.807, 2.05) is 12.1 Å². The number of nitrogens with zero attached hydrogens (tertiary/aromatic N) is 1. The highest BCUT2D eigenvalue weighted by Gasteiger charge is 1.87. The van der Waals surface area contributed by atoms with Gasteiger partial charge in [0.1, 0.15) is 0 Å². The van der Waals surface area contributed by atoms with Crippen LogP contribution in [0.3, 0.4) is 0 Å². The van der Waals surface area contributed by atoms with E-state index in [-0.39, 0.29) is 6.61 Å². The molecule has 1 rings (SSSR count). The minimum absolute atomic E-state index is 0.185. The molecule has 0 aliphatic rings. The maximum absolute atomic E-state index is 5.69. The van der Waals surface area contributed by atoms with Crippen LogP contribution in [-0.4, -0.2) is 12.8 Å². The Morgan fingerprint density at radius 1 is 1.46 bits per heavy atom. The number of oxime groups is 1. The van der Waals surface area contributed by atoms with Gasteiger partial charge < -0.3 is 4.84 Å². The Morgan fingerprint density at radius 2 is 2.15 bits per heavy atom. The number of halogens is 1. The van der Waals surface area contributed by atoms with Gasteiger partial charge in [-0.05, 0) is 17.7 Å². The molecule has 2 nitrogen and oxygen atoms in total. The first kappa shape index (κ1) is 9.63. The van der Waals surface area contributed by atoms with Crippen molar-refractivity contribution in [3.8, 4) is 12.3 Å². The highest BCUT2D eigenvalue weighted by atomic mass is 35.5. The van der Waals surface area contributed by atoms with Crippen LogP contribution in [0.1, 0.15) is 5.56 Å². The molecule has 0 aliphatic heterocycles. The molecule has 0 heterocycles. The molecule has 0 aliphatic carbocycles. The van der Waals surface area contributed by atoms with Crippen LogP contribution in [0.2, 0.25) is 5.02 Å². The van der Waals surface area contributed by atoms with Gasteiger partial charge >= 0.3 is 0 Å². The van der Waals surface area contributed by atoms with Gasteiger partial charge in [0.05, 0.1) is 6.21 Å². The monoisotopic (exact) mass is 193 g/mol. The highest BCUT2D eigenvalue weighted by molar-refractivity contribution is 6.30. The lowest BCUT2D eigenvalue weighted by atomic mass is 10.2. The first-order valence-electron chi connectivity index (χ1n) is 3.67. The molecule has 0 spiro atoms.